The fourth-order valence-electron chi connectivity index (χ4n) is 0.979. The summed E-state index contributed by atoms with van der Waals surface area (Å²) in [7, 11) is 0. The van der Waals surface area contributed by atoms with Crippen LogP contribution in [0.1, 0.15) is 19.8 Å². The van der Waals surface area contributed by atoms with E-state index in [4.69, 9.17) is 9.47 Å². The van der Waals surface area contributed by atoms with E-state index in [0.29, 0.717) is 6.10 Å². The molecule has 0 saturated carbocycles. The van der Waals surface area contributed by atoms with Crippen LogP contribution in [0.2, 0.25) is 0 Å². The summed E-state index contributed by atoms with van der Waals surface area (Å²) < 4.78 is 10.4. The van der Waals surface area contributed by atoms with E-state index in [9.17, 15) is 0 Å². The Morgan fingerprint density at radius 1 is 1.78 bits per heavy atom. The van der Waals surface area contributed by atoms with E-state index in [2.05, 4.69) is 0 Å². The molecule has 0 aliphatic carbocycles. The molecule has 1 fully saturated rings. The van der Waals surface area contributed by atoms with E-state index in [1.807, 2.05) is 6.92 Å². The van der Waals surface area contributed by atoms with Gasteiger partial charge in [-0.2, -0.15) is 0 Å². The molecule has 1 aliphatic rings. The van der Waals surface area contributed by atoms with Gasteiger partial charge in [0.05, 0.1) is 19.3 Å². The molecule has 1 unspecified atom stereocenters. The quantitative estimate of drug-likeness (QED) is 0.573. The van der Waals surface area contributed by atoms with E-state index in [1.54, 1.807) is 6.61 Å². The van der Waals surface area contributed by atoms with E-state index in [0.717, 1.165) is 19.6 Å². The van der Waals surface area contributed by atoms with Gasteiger partial charge in [0.2, 0.25) is 0 Å². The largest absolute Gasteiger partial charge is 0.376 e. The van der Waals surface area contributed by atoms with Crippen molar-refractivity contribution in [2.24, 2.45) is 0 Å². The molecule has 1 rings (SSSR count). The Balaban J connectivity index is 1.98. The fraction of sp³-hybridized carbons (Fsp3) is 0.857. The Hall–Kier alpha value is -0.0800. The van der Waals surface area contributed by atoms with Crippen molar-refractivity contribution in [2.45, 2.75) is 25.9 Å². The van der Waals surface area contributed by atoms with Crippen molar-refractivity contribution in [3.05, 3.63) is 6.61 Å². The smallest absolute Gasteiger partial charge is 0.0809 e. The lowest BCUT2D eigenvalue weighted by molar-refractivity contribution is 0.0405. The van der Waals surface area contributed by atoms with Gasteiger partial charge in [0, 0.05) is 6.61 Å². The molecule has 0 amide bonds. The molecule has 0 N–H and O–H groups in total. The SMILES string of the molecule is C[CH]OCC1CCCO1. The van der Waals surface area contributed by atoms with Crippen molar-refractivity contribution >= 4 is 0 Å². The first kappa shape index (κ1) is 7.03. The normalized spacial score (nSPS) is 27.0. The molecular weight excluding hydrogens is 116 g/mol. The minimum absolute atomic E-state index is 0.362. The maximum atomic E-state index is 5.31. The summed E-state index contributed by atoms with van der Waals surface area (Å²) in [5.74, 6) is 0. The van der Waals surface area contributed by atoms with Gasteiger partial charge in [0.1, 0.15) is 0 Å². The summed E-state index contributed by atoms with van der Waals surface area (Å²) in [5, 5.41) is 0. The van der Waals surface area contributed by atoms with Crippen LogP contribution in [-0.4, -0.2) is 19.3 Å². The Morgan fingerprint density at radius 3 is 3.22 bits per heavy atom. The second-order valence-corrected chi connectivity index (χ2v) is 2.20. The average molecular weight is 129 g/mol. The zero-order chi connectivity index (χ0) is 6.53. The highest BCUT2D eigenvalue weighted by molar-refractivity contribution is 4.63. The third-order valence-corrected chi connectivity index (χ3v) is 1.47. The molecule has 0 aromatic carbocycles. The van der Waals surface area contributed by atoms with Crippen molar-refractivity contribution in [2.75, 3.05) is 13.2 Å². The third kappa shape index (κ3) is 2.33. The van der Waals surface area contributed by atoms with Crippen LogP contribution in [-0.2, 0) is 9.47 Å². The number of rotatable bonds is 3. The van der Waals surface area contributed by atoms with Crippen LogP contribution >= 0.6 is 0 Å². The van der Waals surface area contributed by atoms with Gasteiger partial charge in [-0.05, 0) is 19.8 Å². The number of hydrogen-bond donors (Lipinski definition) is 0. The molecule has 0 spiro atoms. The second-order valence-electron chi connectivity index (χ2n) is 2.20. The lowest BCUT2D eigenvalue weighted by Gasteiger charge is -2.06. The molecule has 2 nitrogen and oxygen atoms in total. The summed E-state index contributed by atoms with van der Waals surface area (Å²) in [6.07, 6.45) is 2.71. The van der Waals surface area contributed by atoms with Crippen molar-refractivity contribution in [1.29, 1.82) is 0 Å². The number of hydrogen-bond acceptors (Lipinski definition) is 2. The van der Waals surface area contributed by atoms with E-state index >= 15 is 0 Å². The van der Waals surface area contributed by atoms with Gasteiger partial charge < -0.3 is 9.47 Å². The lowest BCUT2D eigenvalue weighted by atomic mass is 10.2. The maximum Gasteiger partial charge on any atom is 0.0809 e. The van der Waals surface area contributed by atoms with E-state index < -0.39 is 0 Å². The van der Waals surface area contributed by atoms with Gasteiger partial charge in [-0.15, -0.1) is 0 Å². The Kier molecular flexibility index (Phi) is 3.01. The van der Waals surface area contributed by atoms with Crippen LogP contribution in [0.3, 0.4) is 0 Å². The zero-order valence-corrected chi connectivity index (χ0v) is 5.80. The highest BCUT2D eigenvalue weighted by Crippen LogP contribution is 2.11. The zero-order valence-electron chi connectivity index (χ0n) is 5.80. The highest BCUT2D eigenvalue weighted by atomic mass is 16.5. The highest BCUT2D eigenvalue weighted by Gasteiger charge is 2.14. The van der Waals surface area contributed by atoms with Crippen LogP contribution in [0.4, 0.5) is 0 Å². The van der Waals surface area contributed by atoms with E-state index in [1.165, 1.54) is 6.42 Å². The lowest BCUT2D eigenvalue weighted by Crippen LogP contribution is -2.12. The van der Waals surface area contributed by atoms with Crippen molar-refractivity contribution in [3.63, 3.8) is 0 Å². The topological polar surface area (TPSA) is 18.5 Å². The standard InChI is InChI=1S/C7H13O2/c1-2-8-6-7-4-3-5-9-7/h2,7H,3-6H2,1H3. The predicted molar refractivity (Wildman–Crippen MR) is 34.9 cm³/mol. The fourth-order valence-corrected chi connectivity index (χ4v) is 0.979. The Morgan fingerprint density at radius 2 is 2.67 bits per heavy atom. The van der Waals surface area contributed by atoms with Crippen LogP contribution < -0.4 is 0 Å². The molecule has 0 aromatic heterocycles. The Labute approximate surface area is 56.2 Å². The summed E-state index contributed by atoms with van der Waals surface area (Å²) in [6, 6.07) is 0. The van der Waals surface area contributed by atoms with Gasteiger partial charge in [0.25, 0.3) is 0 Å². The molecule has 0 bridgehead atoms. The molecule has 1 aliphatic heterocycles. The predicted octanol–water partition coefficient (Wildman–Crippen LogP) is 1.36. The summed E-state index contributed by atoms with van der Waals surface area (Å²) in [4.78, 5) is 0. The molecule has 9 heavy (non-hydrogen) atoms. The first-order chi connectivity index (χ1) is 4.43. The van der Waals surface area contributed by atoms with Gasteiger partial charge in [-0.25, -0.2) is 0 Å². The van der Waals surface area contributed by atoms with Crippen molar-refractivity contribution < 1.29 is 9.47 Å². The molecule has 1 heterocycles. The second kappa shape index (κ2) is 3.85. The molecule has 1 radical (unpaired) electrons. The van der Waals surface area contributed by atoms with Crippen molar-refractivity contribution in [3.8, 4) is 0 Å². The van der Waals surface area contributed by atoms with Crippen LogP contribution in [0.15, 0.2) is 0 Å². The first-order valence-electron chi connectivity index (χ1n) is 3.44. The molecular formula is C7H13O2. The maximum absolute atomic E-state index is 5.31. The van der Waals surface area contributed by atoms with Gasteiger partial charge in [-0.3, -0.25) is 0 Å². The summed E-state index contributed by atoms with van der Waals surface area (Å²) in [5.41, 5.74) is 0. The van der Waals surface area contributed by atoms with Gasteiger partial charge in [0.15, 0.2) is 0 Å². The summed E-state index contributed by atoms with van der Waals surface area (Å²) >= 11 is 0. The molecule has 2 heteroatoms. The first-order valence-corrected chi connectivity index (χ1v) is 3.44. The number of ether oxygens (including phenoxy) is 2. The van der Waals surface area contributed by atoms with Gasteiger partial charge >= 0.3 is 0 Å². The average Bonchev–Trinajstić information content (AvgIpc) is 2.34. The van der Waals surface area contributed by atoms with Crippen molar-refractivity contribution in [1.82, 2.24) is 0 Å². The minimum Gasteiger partial charge on any atom is -0.376 e. The molecule has 1 saturated heterocycles. The Bertz CT molecular complexity index is 67.3. The molecule has 1 atom stereocenters. The van der Waals surface area contributed by atoms with Crippen LogP contribution in [0, 0.1) is 6.61 Å². The van der Waals surface area contributed by atoms with E-state index in [-0.39, 0.29) is 0 Å². The third-order valence-electron chi connectivity index (χ3n) is 1.47. The van der Waals surface area contributed by atoms with Crippen LogP contribution in [0.25, 0.3) is 0 Å². The van der Waals surface area contributed by atoms with Crippen LogP contribution in [0.5, 0.6) is 0 Å². The monoisotopic (exact) mass is 129 g/mol. The summed E-state index contributed by atoms with van der Waals surface area (Å²) in [6.45, 7) is 5.24. The van der Waals surface area contributed by atoms with Gasteiger partial charge in [-0.1, -0.05) is 0 Å². The molecule has 0 aromatic rings. The minimum atomic E-state index is 0.362. The molecule has 53 valence electrons.